The molecule has 0 aromatic heterocycles. The van der Waals surface area contributed by atoms with E-state index < -0.39 is 0 Å². The molecule has 0 radical (unpaired) electrons. The first kappa shape index (κ1) is 10.8. The van der Waals surface area contributed by atoms with E-state index in [1.165, 1.54) is 18.7 Å². The molecule has 2 aliphatic rings. The number of likely N-dealkylation sites (tertiary alicyclic amines) is 1. The van der Waals surface area contributed by atoms with Crippen LogP contribution in [0.15, 0.2) is 30.3 Å². The Labute approximate surface area is 103 Å². The Morgan fingerprint density at radius 3 is 2.35 bits per heavy atom. The molecule has 1 aliphatic carbocycles. The van der Waals surface area contributed by atoms with Gasteiger partial charge in [-0.1, -0.05) is 30.3 Å². The quantitative estimate of drug-likeness (QED) is 0.775. The standard InChI is InChI=1S/C15H18N2/c16-8-13-6-14-10-17(11-15(14)7-13)9-12-4-2-1-3-5-12/h1-5,13-15H,6-7,9-11H2/t13?,14-,15?/m1/s1. The number of nitriles is 1. The molecule has 2 unspecified atom stereocenters. The Balaban J connectivity index is 1.59. The summed E-state index contributed by atoms with van der Waals surface area (Å²) in [6, 6.07) is 13.1. The smallest absolute Gasteiger partial charge is 0.0656 e. The lowest BCUT2D eigenvalue weighted by atomic mass is 10.0. The maximum atomic E-state index is 8.96. The van der Waals surface area contributed by atoms with Gasteiger partial charge < -0.3 is 0 Å². The Morgan fingerprint density at radius 1 is 1.12 bits per heavy atom. The molecule has 2 nitrogen and oxygen atoms in total. The SMILES string of the molecule is N#CC1CC2CN(Cc3ccccc3)C[C@H]2C1. The van der Waals surface area contributed by atoms with Crippen molar-refractivity contribution >= 4 is 0 Å². The molecule has 0 spiro atoms. The fourth-order valence-corrected chi connectivity index (χ4v) is 3.47. The monoisotopic (exact) mass is 226 g/mol. The van der Waals surface area contributed by atoms with Crippen LogP contribution in [0, 0.1) is 29.1 Å². The van der Waals surface area contributed by atoms with Gasteiger partial charge in [0.1, 0.15) is 0 Å². The van der Waals surface area contributed by atoms with E-state index in [9.17, 15) is 0 Å². The van der Waals surface area contributed by atoms with Gasteiger partial charge in [-0.3, -0.25) is 4.90 Å². The molecule has 3 rings (SSSR count). The normalized spacial score (nSPS) is 32.3. The molecule has 1 heterocycles. The third-order valence-electron chi connectivity index (χ3n) is 4.26. The molecular weight excluding hydrogens is 208 g/mol. The summed E-state index contributed by atoms with van der Waals surface area (Å²) in [7, 11) is 0. The van der Waals surface area contributed by atoms with Crippen molar-refractivity contribution < 1.29 is 0 Å². The molecule has 0 amide bonds. The number of nitrogens with zero attached hydrogens (tertiary/aromatic N) is 2. The highest BCUT2D eigenvalue weighted by Gasteiger charge is 2.40. The fourth-order valence-electron chi connectivity index (χ4n) is 3.47. The van der Waals surface area contributed by atoms with Crippen molar-refractivity contribution in [2.45, 2.75) is 19.4 Å². The highest BCUT2D eigenvalue weighted by atomic mass is 15.2. The summed E-state index contributed by atoms with van der Waals surface area (Å²) in [5, 5.41) is 8.96. The lowest BCUT2D eigenvalue weighted by molar-refractivity contribution is 0.298. The Kier molecular flexibility index (Phi) is 2.86. The van der Waals surface area contributed by atoms with E-state index in [4.69, 9.17) is 5.26 Å². The van der Waals surface area contributed by atoms with Crippen LogP contribution in [0.25, 0.3) is 0 Å². The van der Waals surface area contributed by atoms with Crippen molar-refractivity contribution in [1.29, 1.82) is 5.26 Å². The summed E-state index contributed by atoms with van der Waals surface area (Å²) in [6.45, 7) is 3.46. The van der Waals surface area contributed by atoms with Gasteiger partial charge >= 0.3 is 0 Å². The minimum absolute atomic E-state index is 0.337. The van der Waals surface area contributed by atoms with Crippen molar-refractivity contribution in [3.63, 3.8) is 0 Å². The van der Waals surface area contributed by atoms with E-state index in [1.54, 1.807) is 0 Å². The second kappa shape index (κ2) is 4.50. The molecular formula is C15H18N2. The predicted octanol–water partition coefficient (Wildman–Crippen LogP) is 2.67. The van der Waals surface area contributed by atoms with Crippen molar-refractivity contribution in [3.05, 3.63) is 35.9 Å². The third-order valence-corrected chi connectivity index (χ3v) is 4.26. The highest BCUT2D eigenvalue weighted by molar-refractivity contribution is 5.15. The molecule has 0 bridgehead atoms. The van der Waals surface area contributed by atoms with E-state index in [0.29, 0.717) is 5.92 Å². The van der Waals surface area contributed by atoms with E-state index in [-0.39, 0.29) is 0 Å². The van der Waals surface area contributed by atoms with Gasteiger partial charge in [0.15, 0.2) is 0 Å². The van der Waals surface area contributed by atoms with Crippen molar-refractivity contribution in [3.8, 4) is 6.07 Å². The molecule has 2 fully saturated rings. The van der Waals surface area contributed by atoms with Crippen LogP contribution < -0.4 is 0 Å². The van der Waals surface area contributed by atoms with Crippen LogP contribution in [0.4, 0.5) is 0 Å². The summed E-state index contributed by atoms with van der Waals surface area (Å²) in [4.78, 5) is 2.55. The average molecular weight is 226 g/mol. The maximum Gasteiger partial charge on any atom is 0.0656 e. The summed E-state index contributed by atoms with van der Waals surface area (Å²) in [5.74, 6) is 1.90. The largest absolute Gasteiger partial charge is 0.299 e. The van der Waals surface area contributed by atoms with Gasteiger partial charge in [0, 0.05) is 25.6 Å². The Bertz CT molecular complexity index is 406. The molecule has 17 heavy (non-hydrogen) atoms. The van der Waals surface area contributed by atoms with Crippen LogP contribution in [0.5, 0.6) is 0 Å². The van der Waals surface area contributed by atoms with E-state index in [2.05, 4.69) is 41.3 Å². The second-order valence-corrected chi connectivity index (χ2v) is 5.50. The lowest BCUT2D eigenvalue weighted by Crippen LogP contribution is -2.21. The van der Waals surface area contributed by atoms with Crippen molar-refractivity contribution in [2.24, 2.45) is 17.8 Å². The van der Waals surface area contributed by atoms with Gasteiger partial charge in [-0.05, 0) is 30.2 Å². The number of rotatable bonds is 2. The van der Waals surface area contributed by atoms with Crippen LogP contribution in [0.2, 0.25) is 0 Å². The number of benzene rings is 1. The van der Waals surface area contributed by atoms with Gasteiger partial charge in [-0.15, -0.1) is 0 Å². The zero-order chi connectivity index (χ0) is 11.7. The van der Waals surface area contributed by atoms with Crippen LogP contribution >= 0.6 is 0 Å². The second-order valence-electron chi connectivity index (χ2n) is 5.50. The molecule has 1 saturated heterocycles. The molecule has 2 heteroatoms. The molecule has 1 aliphatic heterocycles. The minimum atomic E-state index is 0.337. The first-order valence-corrected chi connectivity index (χ1v) is 6.51. The molecule has 1 aromatic rings. The number of hydrogen-bond donors (Lipinski definition) is 0. The topological polar surface area (TPSA) is 27.0 Å². The van der Waals surface area contributed by atoms with E-state index in [0.717, 1.165) is 31.2 Å². The summed E-state index contributed by atoms with van der Waals surface area (Å²) in [5.41, 5.74) is 1.41. The number of fused-ring (bicyclic) bond motifs is 1. The van der Waals surface area contributed by atoms with Crippen molar-refractivity contribution in [2.75, 3.05) is 13.1 Å². The van der Waals surface area contributed by atoms with Crippen molar-refractivity contribution in [1.82, 2.24) is 4.90 Å². The van der Waals surface area contributed by atoms with Crippen LogP contribution in [0.3, 0.4) is 0 Å². The van der Waals surface area contributed by atoms with E-state index >= 15 is 0 Å². The predicted molar refractivity (Wildman–Crippen MR) is 67.0 cm³/mol. The summed E-state index contributed by atoms with van der Waals surface area (Å²) < 4.78 is 0. The summed E-state index contributed by atoms with van der Waals surface area (Å²) >= 11 is 0. The van der Waals surface area contributed by atoms with Gasteiger partial charge in [0.05, 0.1) is 6.07 Å². The summed E-state index contributed by atoms with van der Waals surface area (Å²) in [6.07, 6.45) is 2.26. The fraction of sp³-hybridized carbons (Fsp3) is 0.533. The van der Waals surface area contributed by atoms with Gasteiger partial charge in [0.2, 0.25) is 0 Å². The molecule has 3 atom stereocenters. The third kappa shape index (κ3) is 2.21. The minimum Gasteiger partial charge on any atom is -0.299 e. The highest BCUT2D eigenvalue weighted by Crippen LogP contribution is 2.41. The zero-order valence-electron chi connectivity index (χ0n) is 10.0. The average Bonchev–Trinajstić information content (AvgIpc) is 2.87. The van der Waals surface area contributed by atoms with E-state index in [1.807, 2.05) is 0 Å². The first-order valence-electron chi connectivity index (χ1n) is 6.51. The van der Waals surface area contributed by atoms with Crippen LogP contribution in [0.1, 0.15) is 18.4 Å². The molecule has 1 aromatic carbocycles. The molecule has 1 saturated carbocycles. The first-order chi connectivity index (χ1) is 8.35. The Morgan fingerprint density at radius 2 is 1.76 bits per heavy atom. The van der Waals surface area contributed by atoms with Gasteiger partial charge in [-0.25, -0.2) is 0 Å². The van der Waals surface area contributed by atoms with Crippen LogP contribution in [-0.4, -0.2) is 18.0 Å². The maximum absolute atomic E-state index is 8.96. The number of hydrogen-bond acceptors (Lipinski definition) is 2. The lowest BCUT2D eigenvalue weighted by Gasteiger charge is -2.17. The van der Waals surface area contributed by atoms with Gasteiger partial charge in [-0.2, -0.15) is 5.26 Å². The molecule has 0 N–H and O–H groups in total. The Hall–Kier alpha value is -1.33. The zero-order valence-corrected chi connectivity index (χ0v) is 10.0. The molecule has 88 valence electrons. The van der Waals surface area contributed by atoms with Crippen LogP contribution in [-0.2, 0) is 6.54 Å². The van der Waals surface area contributed by atoms with Gasteiger partial charge in [0.25, 0.3) is 0 Å².